The van der Waals surface area contributed by atoms with Crippen LogP contribution in [-0.2, 0) is 30.9 Å². The number of fused-ring (bicyclic) bond motifs is 2. The van der Waals surface area contributed by atoms with E-state index in [4.69, 9.17) is 14.2 Å². The summed E-state index contributed by atoms with van der Waals surface area (Å²) in [6, 6.07) is 9.11. The quantitative estimate of drug-likeness (QED) is 0.476. The Morgan fingerprint density at radius 3 is 2.60 bits per heavy atom. The monoisotopic (exact) mass is 517 g/mol. The number of methoxy groups -OCH3 is 1. The zero-order chi connectivity index (χ0) is 24.7. The van der Waals surface area contributed by atoms with Gasteiger partial charge in [-0.3, -0.25) is 9.59 Å². The summed E-state index contributed by atoms with van der Waals surface area (Å²) in [5.41, 5.74) is 1.57. The molecule has 1 saturated heterocycles. The summed E-state index contributed by atoms with van der Waals surface area (Å²) < 4.78 is 45.7. The van der Waals surface area contributed by atoms with Crippen molar-refractivity contribution in [3.63, 3.8) is 0 Å². The van der Waals surface area contributed by atoms with Gasteiger partial charge in [-0.05, 0) is 31.9 Å². The summed E-state index contributed by atoms with van der Waals surface area (Å²) >= 11 is 1.20. The van der Waals surface area contributed by atoms with Crippen LogP contribution in [0.4, 0.5) is 0 Å². The third-order valence-electron chi connectivity index (χ3n) is 6.01. The number of sulfonamides is 1. The molecule has 1 unspecified atom stereocenters. The van der Waals surface area contributed by atoms with Crippen molar-refractivity contribution in [2.24, 2.45) is 4.99 Å². The first-order valence-electron chi connectivity index (χ1n) is 10.9. The molecule has 0 bridgehead atoms. The van der Waals surface area contributed by atoms with Crippen molar-refractivity contribution in [2.45, 2.75) is 37.2 Å². The van der Waals surface area contributed by atoms with Gasteiger partial charge in [-0.15, -0.1) is 0 Å². The van der Waals surface area contributed by atoms with E-state index in [1.807, 2.05) is 6.92 Å². The molecular formula is C23H23N3O7S2. The average molecular weight is 518 g/mol. The number of thiazole rings is 1. The molecule has 10 nitrogen and oxygen atoms in total. The molecule has 1 aromatic heterocycles. The first kappa shape index (κ1) is 23.5. The van der Waals surface area contributed by atoms with Crippen LogP contribution >= 0.6 is 11.3 Å². The summed E-state index contributed by atoms with van der Waals surface area (Å²) in [5.74, 6) is -0.00457. The third-order valence-corrected chi connectivity index (χ3v) is 8.98. The second kappa shape index (κ2) is 9.10. The minimum absolute atomic E-state index is 0.103. The molecule has 2 aliphatic heterocycles. The third kappa shape index (κ3) is 4.32. The van der Waals surface area contributed by atoms with Crippen LogP contribution in [0.1, 0.15) is 18.4 Å². The van der Waals surface area contributed by atoms with Crippen molar-refractivity contribution < 1.29 is 32.2 Å². The maximum atomic E-state index is 13.3. The van der Waals surface area contributed by atoms with Crippen LogP contribution in [0.15, 0.2) is 46.3 Å². The number of rotatable bonds is 5. The van der Waals surface area contributed by atoms with E-state index in [0.717, 1.165) is 10.3 Å². The Kier molecular flexibility index (Phi) is 6.11. The number of ether oxygens (including phenoxy) is 3. The number of hydrogen-bond acceptors (Lipinski definition) is 8. The standard InChI is InChI=1S/C23H23N3O7S2/c1-14-5-7-15(8-6-14)35(29,30)26-9-3-4-16(26)22(28)24-23-25(12-21(27)31-2)17-10-18-19(33-13-32-18)11-20(17)34-23/h5-8,10-11,16H,3-4,9,12-13H2,1-2H3. The summed E-state index contributed by atoms with van der Waals surface area (Å²) in [5, 5.41) is 0. The van der Waals surface area contributed by atoms with Gasteiger partial charge in [0.15, 0.2) is 16.3 Å². The first-order chi connectivity index (χ1) is 16.8. The van der Waals surface area contributed by atoms with Crippen molar-refractivity contribution in [1.82, 2.24) is 8.87 Å². The number of nitrogens with zero attached hydrogens (tertiary/aromatic N) is 3. The van der Waals surface area contributed by atoms with Gasteiger partial charge >= 0.3 is 5.97 Å². The summed E-state index contributed by atoms with van der Waals surface area (Å²) in [4.78, 5) is 30.1. The highest BCUT2D eigenvalue weighted by atomic mass is 32.2. The highest BCUT2D eigenvalue weighted by Gasteiger charge is 2.39. The van der Waals surface area contributed by atoms with E-state index < -0.39 is 27.9 Å². The fourth-order valence-corrected chi connectivity index (χ4v) is 6.88. The number of hydrogen-bond donors (Lipinski definition) is 0. The molecule has 0 saturated carbocycles. The van der Waals surface area contributed by atoms with Gasteiger partial charge in [0.1, 0.15) is 12.6 Å². The highest BCUT2D eigenvalue weighted by molar-refractivity contribution is 7.89. The Balaban J connectivity index is 1.54. The topological polar surface area (TPSA) is 116 Å². The minimum atomic E-state index is -3.86. The zero-order valence-electron chi connectivity index (χ0n) is 19.1. The maximum absolute atomic E-state index is 13.3. The van der Waals surface area contributed by atoms with Crippen LogP contribution in [0.25, 0.3) is 10.2 Å². The van der Waals surface area contributed by atoms with E-state index >= 15 is 0 Å². The van der Waals surface area contributed by atoms with Gasteiger partial charge < -0.3 is 18.8 Å². The summed E-state index contributed by atoms with van der Waals surface area (Å²) in [7, 11) is -2.59. The highest BCUT2D eigenvalue weighted by Crippen LogP contribution is 2.37. The van der Waals surface area contributed by atoms with Crippen molar-refractivity contribution in [2.75, 3.05) is 20.4 Å². The van der Waals surface area contributed by atoms with Gasteiger partial charge in [0.25, 0.3) is 5.91 Å². The van der Waals surface area contributed by atoms with E-state index in [2.05, 4.69) is 4.99 Å². The molecular weight excluding hydrogens is 494 g/mol. The first-order valence-corrected chi connectivity index (χ1v) is 13.2. The van der Waals surface area contributed by atoms with Gasteiger partial charge in [-0.25, -0.2) is 8.42 Å². The summed E-state index contributed by atoms with van der Waals surface area (Å²) in [6.07, 6.45) is 0.915. The van der Waals surface area contributed by atoms with Crippen molar-refractivity contribution in [3.8, 4) is 11.5 Å². The lowest BCUT2D eigenvalue weighted by atomic mass is 10.2. The van der Waals surface area contributed by atoms with Crippen molar-refractivity contribution >= 4 is 43.5 Å². The van der Waals surface area contributed by atoms with Gasteiger partial charge in [-0.1, -0.05) is 29.0 Å². The van der Waals surface area contributed by atoms with Gasteiger partial charge in [0.05, 0.1) is 22.2 Å². The number of benzene rings is 2. The van der Waals surface area contributed by atoms with E-state index in [-0.39, 0.29) is 29.6 Å². The number of carbonyl (C=O) groups is 2. The molecule has 3 aromatic rings. The second-order valence-electron chi connectivity index (χ2n) is 8.26. The van der Waals surface area contributed by atoms with Crippen molar-refractivity contribution in [1.29, 1.82) is 0 Å². The number of esters is 1. The molecule has 0 spiro atoms. The smallest absolute Gasteiger partial charge is 0.325 e. The lowest BCUT2D eigenvalue weighted by Gasteiger charge is -2.21. The molecule has 35 heavy (non-hydrogen) atoms. The molecule has 0 N–H and O–H groups in total. The zero-order valence-corrected chi connectivity index (χ0v) is 20.7. The Labute approximate surface area is 205 Å². The Morgan fingerprint density at radius 2 is 1.89 bits per heavy atom. The Hall–Kier alpha value is -3.22. The molecule has 2 aromatic carbocycles. The largest absolute Gasteiger partial charge is 0.468 e. The molecule has 12 heteroatoms. The van der Waals surface area contributed by atoms with Crippen LogP contribution in [0.3, 0.4) is 0 Å². The van der Waals surface area contributed by atoms with E-state index in [1.165, 1.54) is 22.8 Å². The van der Waals surface area contributed by atoms with Crippen LogP contribution < -0.4 is 14.3 Å². The molecule has 0 aliphatic carbocycles. The maximum Gasteiger partial charge on any atom is 0.325 e. The van der Waals surface area contributed by atoms with E-state index in [9.17, 15) is 18.0 Å². The number of aryl methyl sites for hydroxylation is 1. The van der Waals surface area contributed by atoms with Gasteiger partial charge in [0, 0.05) is 18.7 Å². The predicted octanol–water partition coefficient (Wildman–Crippen LogP) is 2.19. The van der Waals surface area contributed by atoms with Crippen LogP contribution in [0, 0.1) is 6.92 Å². The minimum Gasteiger partial charge on any atom is -0.468 e. The Morgan fingerprint density at radius 1 is 1.17 bits per heavy atom. The van der Waals surface area contributed by atoms with Crippen molar-refractivity contribution in [3.05, 3.63) is 46.8 Å². The molecule has 5 rings (SSSR count). The summed E-state index contributed by atoms with van der Waals surface area (Å²) in [6.45, 7) is 2.04. The fourth-order valence-electron chi connectivity index (χ4n) is 4.18. The van der Waals surface area contributed by atoms with Gasteiger partial charge in [-0.2, -0.15) is 9.30 Å². The molecule has 3 heterocycles. The predicted molar refractivity (Wildman–Crippen MR) is 127 cm³/mol. The number of amides is 1. The molecule has 1 atom stereocenters. The molecule has 0 radical (unpaired) electrons. The Bertz CT molecular complexity index is 1490. The normalized spacial score (nSPS) is 18.3. The fraction of sp³-hybridized carbons (Fsp3) is 0.348. The van der Waals surface area contributed by atoms with Crippen LogP contribution in [0.2, 0.25) is 0 Å². The molecule has 2 aliphatic rings. The molecule has 1 fully saturated rings. The van der Waals surface area contributed by atoms with E-state index in [0.29, 0.717) is 29.9 Å². The molecule has 1 amide bonds. The van der Waals surface area contributed by atoms with Gasteiger partial charge in [0.2, 0.25) is 16.8 Å². The van der Waals surface area contributed by atoms with E-state index in [1.54, 1.807) is 41.0 Å². The lowest BCUT2D eigenvalue weighted by Crippen LogP contribution is -2.40. The second-order valence-corrected chi connectivity index (χ2v) is 11.2. The average Bonchev–Trinajstić information content (AvgIpc) is 3.57. The van der Waals surface area contributed by atoms with Crippen LogP contribution in [0.5, 0.6) is 11.5 Å². The van der Waals surface area contributed by atoms with Crippen LogP contribution in [-0.4, -0.2) is 55.7 Å². The SMILES string of the molecule is COC(=O)Cn1c(=NC(=O)C2CCCN2S(=O)(=O)c2ccc(C)cc2)sc2cc3c(cc21)OCO3. The molecule has 184 valence electrons. The number of aromatic nitrogens is 1. The lowest BCUT2D eigenvalue weighted by molar-refractivity contribution is -0.141. The number of carbonyl (C=O) groups excluding carboxylic acids is 2.